The average Bonchev–Trinajstić information content (AvgIpc) is 3.06. The molecule has 0 saturated heterocycles. The molecule has 26 heavy (non-hydrogen) atoms. The minimum Gasteiger partial charge on any atom is -0.299 e. The number of nitrogens with zero attached hydrogens (tertiary/aromatic N) is 4. The summed E-state index contributed by atoms with van der Waals surface area (Å²) >= 11 is 1.32. The molecule has 2 aromatic heterocycles. The largest absolute Gasteiger partial charge is 0.299 e. The maximum absolute atomic E-state index is 12.3. The smallest absolute Gasteiger partial charge is 0.267 e. The van der Waals surface area contributed by atoms with Gasteiger partial charge in [0.2, 0.25) is 11.0 Å². The maximum Gasteiger partial charge on any atom is 0.267 e. The van der Waals surface area contributed by atoms with Gasteiger partial charge in [0.1, 0.15) is 11.6 Å². The normalized spacial score (nSPS) is 11.3. The second-order valence-electron chi connectivity index (χ2n) is 6.79. The second-order valence-corrected chi connectivity index (χ2v) is 7.77. The third-order valence-electron chi connectivity index (χ3n) is 3.54. The molecular weight excluding hydrogens is 350 g/mol. The van der Waals surface area contributed by atoms with Crippen LogP contribution in [-0.4, -0.2) is 25.9 Å². The van der Waals surface area contributed by atoms with Gasteiger partial charge in [0, 0.05) is 17.0 Å². The molecule has 0 saturated carbocycles. The minimum absolute atomic E-state index is 0.136. The van der Waals surface area contributed by atoms with Gasteiger partial charge in [-0.3, -0.25) is 14.9 Å². The molecular formula is C18H19N5O2S. The van der Waals surface area contributed by atoms with Crippen LogP contribution in [0.4, 0.5) is 5.13 Å². The Morgan fingerprint density at radius 2 is 1.85 bits per heavy atom. The van der Waals surface area contributed by atoms with Crippen LogP contribution in [-0.2, 0) is 16.8 Å². The Morgan fingerprint density at radius 1 is 1.12 bits per heavy atom. The van der Waals surface area contributed by atoms with E-state index in [1.807, 2.05) is 51.1 Å². The lowest BCUT2D eigenvalue weighted by Crippen LogP contribution is -2.29. The molecule has 0 aliphatic carbocycles. The number of benzene rings is 1. The third-order valence-corrected chi connectivity index (χ3v) is 4.81. The number of hydrogen-bond acceptors (Lipinski definition) is 6. The highest BCUT2D eigenvalue weighted by atomic mass is 32.1. The molecule has 8 heteroatoms. The topological polar surface area (TPSA) is 89.8 Å². The van der Waals surface area contributed by atoms with Crippen LogP contribution in [0, 0.1) is 0 Å². The second kappa shape index (κ2) is 7.17. The molecule has 1 amide bonds. The fourth-order valence-corrected chi connectivity index (χ4v) is 3.01. The lowest BCUT2D eigenvalue weighted by molar-refractivity contribution is -0.117. The molecule has 2 heterocycles. The summed E-state index contributed by atoms with van der Waals surface area (Å²) in [6.45, 7) is 5.89. The number of carbonyl (C=O) groups excluding carboxylic acids is 1. The van der Waals surface area contributed by atoms with Gasteiger partial charge < -0.3 is 0 Å². The summed E-state index contributed by atoms with van der Waals surface area (Å²) in [5, 5.41) is 16.3. The predicted octanol–water partition coefficient (Wildman–Crippen LogP) is 2.70. The van der Waals surface area contributed by atoms with E-state index >= 15 is 0 Å². The number of aromatic nitrogens is 4. The molecule has 0 atom stereocenters. The summed E-state index contributed by atoms with van der Waals surface area (Å²) in [6, 6.07) is 12.5. The van der Waals surface area contributed by atoms with Gasteiger partial charge in [-0.15, -0.1) is 10.2 Å². The zero-order chi connectivity index (χ0) is 18.7. The Bertz CT molecular complexity index is 973. The number of carbonyl (C=O) groups is 1. The first-order valence-corrected chi connectivity index (χ1v) is 8.92. The van der Waals surface area contributed by atoms with E-state index in [0.29, 0.717) is 10.8 Å². The fourth-order valence-electron chi connectivity index (χ4n) is 2.20. The van der Waals surface area contributed by atoms with E-state index in [2.05, 4.69) is 20.6 Å². The van der Waals surface area contributed by atoms with Crippen molar-refractivity contribution in [3.8, 4) is 11.3 Å². The van der Waals surface area contributed by atoms with Crippen molar-refractivity contribution in [1.82, 2.24) is 20.0 Å². The number of hydrogen-bond donors (Lipinski definition) is 1. The van der Waals surface area contributed by atoms with E-state index < -0.39 is 0 Å². The SMILES string of the molecule is CC(C)(C)c1nnc(NC(=O)Cn2nc(-c3ccccc3)ccc2=O)s1. The van der Waals surface area contributed by atoms with Crippen molar-refractivity contribution >= 4 is 22.4 Å². The molecule has 134 valence electrons. The van der Waals surface area contributed by atoms with Crippen molar-refractivity contribution in [2.45, 2.75) is 32.7 Å². The number of amides is 1. The first-order valence-electron chi connectivity index (χ1n) is 8.10. The van der Waals surface area contributed by atoms with Crippen LogP contribution in [0.3, 0.4) is 0 Å². The summed E-state index contributed by atoms with van der Waals surface area (Å²) in [5.74, 6) is -0.374. The van der Waals surface area contributed by atoms with Crippen LogP contribution in [0.2, 0.25) is 0 Å². The standard InChI is InChI=1S/C18H19N5O2S/c1-18(2,3)16-20-21-17(26-16)19-14(24)11-23-15(25)10-9-13(22-23)12-7-5-4-6-8-12/h4-10H,11H2,1-3H3,(H,19,21,24). The number of anilines is 1. The van der Waals surface area contributed by atoms with Gasteiger partial charge in [-0.2, -0.15) is 5.10 Å². The van der Waals surface area contributed by atoms with Gasteiger partial charge in [0.15, 0.2) is 0 Å². The Hall–Kier alpha value is -2.87. The first kappa shape index (κ1) is 17.9. The molecule has 0 bridgehead atoms. The third kappa shape index (κ3) is 4.20. The van der Waals surface area contributed by atoms with E-state index in [0.717, 1.165) is 15.3 Å². The molecule has 0 aliphatic rings. The average molecular weight is 369 g/mol. The van der Waals surface area contributed by atoms with Gasteiger partial charge in [0.05, 0.1) is 5.69 Å². The van der Waals surface area contributed by atoms with Crippen LogP contribution < -0.4 is 10.9 Å². The van der Waals surface area contributed by atoms with Crippen LogP contribution in [0.25, 0.3) is 11.3 Å². The highest BCUT2D eigenvalue weighted by Gasteiger charge is 2.20. The quantitative estimate of drug-likeness (QED) is 0.764. The van der Waals surface area contributed by atoms with E-state index in [4.69, 9.17) is 0 Å². The summed E-state index contributed by atoms with van der Waals surface area (Å²) < 4.78 is 1.14. The fraction of sp³-hybridized carbons (Fsp3) is 0.278. The molecule has 0 fully saturated rings. The highest BCUT2D eigenvalue weighted by molar-refractivity contribution is 7.15. The van der Waals surface area contributed by atoms with Crippen molar-refractivity contribution < 1.29 is 4.79 Å². The lowest BCUT2D eigenvalue weighted by Gasteiger charge is -2.12. The molecule has 3 aromatic rings. The van der Waals surface area contributed by atoms with Gasteiger partial charge in [-0.05, 0) is 6.07 Å². The summed E-state index contributed by atoms with van der Waals surface area (Å²) in [6.07, 6.45) is 0. The van der Waals surface area contributed by atoms with Gasteiger partial charge in [-0.1, -0.05) is 62.4 Å². The van der Waals surface area contributed by atoms with Crippen LogP contribution in [0.1, 0.15) is 25.8 Å². The van der Waals surface area contributed by atoms with Crippen molar-refractivity contribution in [1.29, 1.82) is 0 Å². The molecule has 1 aromatic carbocycles. The summed E-state index contributed by atoms with van der Waals surface area (Å²) in [7, 11) is 0. The molecule has 7 nitrogen and oxygen atoms in total. The minimum atomic E-state index is -0.374. The van der Waals surface area contributed by atoms with E-state index in [1.54, 1.807) is 6.07 Å². The van der Waals surface area contributed by atoms with Crippen molar-refractivity contribution in [2.75, 3.05) is 5.32 Å². The molecule has 0 aliphatic heterocycles. The zero-order valence-corrected chi connectivity index (χ0v) is 15.6. The molecule has 0 unspecified atom stereocenters. The van der Waals surface area contributed by atoms with Crippen molar-refractivity contribution in [2.24, 2.45) is 0 Å². The highest BCUT2D eigenvalue weighted by Crippen LogP contribution is 2.27. The van der Waals surface area contributed by atoms with E-state index in [-0.39, 0.29) is 23.4 Å². The van der Waals surface area contributed by atoms with Gasteiger partial charge in [-0.25, -0.2) is 4.68 Å². The monoisotopic (exact) mass is 369 g/mol. The van der Waals surface area contributed by atoms with E-state index in [1.165, 1.54) is 17.4 Å². The first-order chi connectivity index (χ1) is 12.3. The van der Waals surface area contributed by atoms with Crippen molar-refractivity contribution in [3.05, 3.63) is 57.8 Å². The Kier molecular flexibility index (Phi) is 4.94. The maximum atomic E-state index is 12.3. The number of nitrogens with one attached hydrogen (secondary N) is 1. The molecule has 0 radical (unpaired) electrons. The number of rotatable bonds is 4. The van der Waals surface area contributed by atoms with E-state index in [9.17, 15) is 9.59 Å². The van der Waals surface area contributed by atoms with Crippen LogP contribution in [0.15, 0.2) is 47.3 Å². The van der Waals surface area contributed by atoms with Gasteiger partial charge in [0.25, 0.3) is 5.56 Å². The molecule has 3 rings (SSSR count). The summed E-state index contributed by atoms with van der Waals surface area (Å²) in [4.78, 5) is 24.3. The molecule has 0 spiro atoms. The Morgan fingerprint density at radius 3 is 2.50 bits per heavy atom. The van der Waals surface area contributed by atoms with Crippen LogP contribution >= 0.6 is 11.3 Å². The predicted molar refractivity (Wildman–Crippen MR) is 101 cm³/mol. The Labute approximate surface area is 154 Å². The van der Waals surface area contributed by atoms with Crippen LogP contribution in [0.5, 0.6) is 0 Å². The van der Waals surface area contributed by atoms with Crippen molar-refractivity contribution in [3.63, 3.8) is 0 Å². The zero-order valence-electron chi connectivity index (χ0n) is 14.8. The lowest BCUT2D eigenvalue weighted by atomic mass is 9.98. The molecule has 1 N–H and O–H groups in total. The van der Waals surface area contributed by atoms with Gasteiger partial charge >= 0.3 is 0 Å². The Balaban J connectivity index is 1.75. The summed E-state index contributed by atoms with van der Waals surface area (Å²) in [5.41, 5.74) is 1.03.